The first-order chi connectivity index (χ1) is 2.00. The summed E-state index contributed by atoms with van der Waals surface area (Å²) in [7, 11) is -4.16. The summed E-state index contributed by atoms with van der Waals surface area (Å²) in [5.41, 5.74) is 0. The summed E-state index contributed by atoms with van der Waals surface area (Å²) in [6, 6.07) is 0. The number of hydrogen-bond acceptors (Lipinski definition) is 1. The van der Waals surface area contributed by atoms with Crippen LogP contribution in [0.5, 0.6) is 0 Å². The van der Waals surface area contributed by atoms with E-state index in [2.05, 4.69) is 0 Å². The van der Waals surface area contributed by atoms with Crippen molar-refractivity contribution in [1.82, 2.24) is 0 Å². The molecule has 5 heavy (non-hydrogen) atoms. The van der Waals surface area contributed by atoms with E-state index in [1.54, 1.807) is 0 Å². The monoisotopic (exact) mass is 252 g/mol. The van der Waals surface area contributed by atoms with Crippen molar-refractivity contribution in [3.05, 3.63) is 0 Å². The van der Waals surface area contributed by atoms with E-state index in [9.17, 15) is 3.74 Å². The van der Waals surface area contributed by atoms with Gasteiger partial charge in [-0.2, -0.15) is 0 Å². The fourth-order valence-electron chi connectivity index (χ4n) is 0. The average molecular weight is 252 g/mol. The maximum atomic E-state index is 9.37. The molecule has 0 aliphatic carbocycles. The van der Waals surface area contributed by atoms with Crippen LogP contribution in [0.4, 0.5) is 0 Å². The molecule has 0 rings (SSSR count). The molecule has 3 nitrogen and oxygen atoms in total. The van der Waals surface area contributed by atoms with Crippen LogP contribution in [0, 0.1) is 0 Å². The summed E-state index contributed by atoms with van der Waals surface area (Å²) >= 11 is 1.10. The molecule has 0 unspecified atom stereocenters. The van der Waals surface area contributed by atoms with Gasteiger partial charge in [0.05, 0.1) is 0 Å². The Morgan fingerprint density at radius 1 is 1.60 bits per heavy atom. The molecule has 0 aromatic heterocycles. The average Bonchev–Trinajstić information content (AvgIpc) is 0.722. The molecule has 0 aliphatic rings. The molecule has 32 valence electrons. The summed E-state index contributed by atoms with van der Waals surface area (Å²) in [5.74, 6) is 0. The molecule has 0 radical (unpaired) electrons. The first-order valence-electron chi connectivity index (χ1n) is 0.752. The minimum atomic E-state index is -4.16. The van der Waals surface area contributed by atoms with E-state index >= 15 is 0 Å². The molecule has 0 amide bonds. The Hall–Kier alpha value is 1.01. The van der Waals surface area contributed by atoms with Gasteiger partial charge in [-0.15, -0.1) is 0 Å². The quantitative estimate of drug-likeness (QED) is 0.441. The van der Waals surface area contributed by atoms with Gasteiger partial charge >= 0.3 is 42.9 Å². The molecule has 0 fully saturated rings. The van der Waals surface area contributed by atoms with Crippen LogP contribution in [0.2, 0.25) is 0 Å². The first kappa shape index (κ1) is 6.01. The molecule has 0 atom stereocenters. The summed E-state index contributed by atoms with van der Waals surface area (Å²) in [6.07, 6.45) is 0. The molecule has 5 heteroatoms. The molecule has 0 aromatic carbocycles. The second kappa shape index (κ2) is 1.64. The second-order valence-corrected chi connectivity index (χ2v) is 8.99. The van der Waals surface area contributed by atoms with Crippen LogP contribution in [0.1, 0.15) is 0 Å². The van der Waals surface area contributed by atoms with E-state index in [1.807, 2.05) is 0 Å². The van der Waals surface area contributed by atoms with Gasteiger partial charge in [-0.3, -0.25) is 0 Å². The zero-order valence-electron chi connectivity index (χ0n) is 2.13. The van der Waals surface area contributed by atoms with Crippen molar-refractivity contribution in [3.8, 4) is 0 Å². The Morgan fingerprint density at radius 3 is 1.60 bits per heavy atom. The Kier molecular flexibility index (Phi) is 1.97. The van der Waals surface area contributed by atoms with Crippen LogP contribution in [0.25, 0.3) is 0 Å². The molecule has 0 aromatic rings. The van der Waals surface area contributed by atoms with E-state index in [0.717, 1.165) is 20.1 Å². The van der Waals surface area contributed by atoms with E-state index in [0.29, 0.717) is 0 Å². The Labute approximate surface area is 42.9 Å². The van der Waals surface area contributed by atoms with Crippen LogP contribution < -0.4 is 0 Å². The van der Waals surface area contributed by atoms with E-state index in [1.165, 1.54) is 0 Å². The molecule has 0 spiro atoms. The fourth-order valence-corrected chi connectivity index (χ4v) is 0. The Morgan fingerprint density at radius 2 is 1.60 bits per heavy atom. The van der Waals surface area contributed by atoms with Gasteiger partial charge in [-0.05, 0) is 0 Å². The topological polar surface area (TPSA) is 57.5 Å². The zero-order chi connectivity index (χ0) is 4.50. The minimum absolute atomic E-state index is 1.10. The predicted octanol–water partition coefficient (Wildman–Crippen LogP) is -0.728. The third-order valence-electron chi connectivity index (χ3n) is 0. The SMILES string of the molecule is O=[As](O)(O)I. The number of hydrogen-bond donors (Lipinski definition) is 2. The van der Waals surface area contributed by atoms with Gasteiger partial charge in [0.1, 0.15) is 0 Å². The molecule has 2 N–H and O–H groups in total. The van der Waals surface area contributed by atoms with Crippen molar-refractivity contribution < 1.29 is 11.9 Å². The molecule has 0 aliphatic heterocycles. The van der Waals surface area contributed by atoms with Gasteiger partial charge in [0.2, 0.25) is 0 Å². The van der Waals surface area contributed by atoms with Crippen LogP contribution in [-0.2, 0) is 3.74 Å². The molecular weight excluding hydrogens is 250 g/mol. The molecule has 0 saturated heterocycles. The van der Waals surface area contributed by atoms with Gasteiger partial charge in [0.25, 0.3) is 0 Å². The van der Waals surface area contributed by atoms with Crippen molar-refractivity contribution in [2.24, 2.45) is 0 Å². The van der Waals surface area contributed by atoms with Crippen LogP contribution >= 0.6 is 20.1 Å². The van der Waals surface area contributed by atoms with E-state index in [4.69, 9.17) is 8.19 Å². The Balaban J connectivity index is 3.47. The summed E-state index contributed by atoms with van der Waals surface area (Å²) in [6.45, 7) is 0. The standard InChI is InChI=1S/AsH2IO3/c2-1(3,4)5/h(H2,3,4,5). The van der Waals surface area contributed by atoms with E-state index < -0.39 is 10.8 Å². The van der Waals surface area contributed by atoms with Crippen molar-refractivity contribution in [1.29, 1.82) is 0 Å². The molecule has 0 bridgehead atoms. The van der Waals surface area contributed by atoms with Gasteiger partial charge in [0, 0.05) is 0 Å². The summed E-state index contributed by atoms with van der Waals surface area (Å²) < 4.78 is 24.7. The first-order valence-corrected chi connectivity index (χ1v) is 8.92. The van der Waals surface area contributed by atoms with Crippen LogP contribution in [-0.4, -0.2) is 19.0 Å². The molecule has 0 heterocycles. The van der Waals surface area contributed by atoms with Gasteiger partial charge in [-0.1, -0.05) is 0 Å². The third kappa shape index (κ3) is 44.6. The molecular formula is H2AsIO3. The number of halogens is 1. The van der Waals surface area contributed by atoms with Crippen molar-refractivity contribution in [2.75, 3.05) is 0 Å². The normalized spacial score (nSPS) is 11.8. The summed E-state index contributed by atoms with van der Waals surface area (Å²) in [5, 5.41) is 0. The number of rotatable bonds is 0. The van der Waals surface area contributed by atoms with Crippen LogP contribution in [0.3, 0.4) is 0 Å². The van der Waals surface area contributed by atoms with Gasteiger partial charge < -0.3 is 0 Å². The fraction of sp³-hybridized carbons (Fsp3) is 0. The van der Waals surface area contributed by atoms with Crippen molar-refractivity contribution in [3.63, 3.8) is 0 Å². The second-order valence-electron chi connectivity index (χ2n) is 0.473. The maximum absolute atomic E-state index is 9.37. The predicted molar refractivity (Wildman–Crippen MR) is 24.9 cm³/mol. The Bertz CT molecular complexity index is 53.0. The molecule has 0 saturated carbocycles. The third-order valence-corrected chi connectivity index (χ3v) is 0. The van der Waals surface area contributed by atoms with Gasteiger partial charge in [0.15, 0.2) is 0 Å². The van der Waals surface area contributed by atoms with Crippen LogP contribution in [0.15, 0.2) is 0 Å². The van der Waals surface area contributed by atoms with Gasteiger partial charge in [-0.25, -0.2) is 0 Å². The summed E-state index contributed by atoms with van der Waals surface area (Å²) in [4.78, 5) is 0. The van der Waals surface area contributed by atoms with E-state index in [-0.39, 0.29) is 0 Å². The van der Waals surface area contributed by atoms with Crippen molar-refractivity contribution in [2.45, 2.75) is 0 Å². The van der Waals surface area contributed by atoms with Crippen molar-refractivity contribution >= 4 is 31.0 Å². The zero-order valence-corrected chi connectivity index (χ0v) is 6.16.